The van der Waals surface area contributed by atoms with Crippen LogP contribution in [0.5, 0.6) is 0 Å². The highest BCUT2D eigenvalue weighted by atomic mass is 19.4. The van der Waals surface area contributed by atoms with E-state index < -0.39 is 5.15 Å². The zero-order chi connectivity index (χ0) is 29.6. The number of aromatic nitrogens is 1. The summed E-state index contributed by atoms with van der Waals surface area (Å²) in [6.07, 6.45) is 0. The minimum Gasteiger partial charge on any atom is -0.0615 e. The number of quaternary nitrogens is 1. The van der Waals surface area contributed by atoms with E-state index in [4.69, 9.17) is 4.99 Å². The molecule has 2 aliphatic rings. The molecule has 7 rings (SSSR count). The third-order valence-corrected chi connectivity index (χ3v) is 8.41. The number of hydrogen-bond acceptors (Lipinski definition) is 1. The summed E-state index contributed by atoms with van der Waals surface area (Å²) in [5.74, 6) is 0.492. The largest absolute Gasteiger partial charge is 0.394 e. The highest BCUT2D eigenvalue weighted by Gasteiger charge is 2.61. The van der Waals surface area contributed by atoms with E-state index in [1.165, 1.54) is 0 Å². The number of amidine groups is 1. The molecule has 0 fully saturated rings. The van der Waals surface area contributed by atoms with E-state index in [0.717, 1.165) is 42.6 Å². The molecule has 3 heterocycles. The van der Waals surface area contributed by atoms with Gasteiger partial charge >= 0.3 is 16.8 Å². The summed E-state index contributed by atoms with van der Waals surface area (Å²) in [5.41, 5.74) is 5.93. The maximum atomic E-state index is 17.3. The average molecular weight is 561 g/mol. The lowest BCUT2D eigenvalue weighted by molar-refractivity contribution is -0.735. The molecule has 0 bridgehead atoms. The van der Waals surface area contributed by atoms with Crippen LogP contribution in [0.2, 0.25) is 0 Å². The lowest BCUT2D eigenvalue weighted by Crippen LogP contribution is -2.56. The number of rotatable bonds is 2. The second-order valence-electron chi connectivity index (χ2n) is 13.3. The van der Waals surface area contributed by atoms with Crippen LogP contribution in [0.15, 0.2) is 102 Å². The Morgan fingerprint density at radius 3 is 1.69 bits per heavy atom. The van der Waals surface area contributed by atoms with Crippen LogP contribution in [0.3, 0.4) is 0 Å². The quantitative estimate of drug-likeness (QED) is 0.152. The summed E-state index contributed by atoms with van der Waals surface area (Å²) in [5, 5.41) is -1.11. The van der Waals surface area contributed by atoms with E-state index in [2.05, 4.69) is 41.5 Å². The monoisotopic (exact) mass is 560 g/mol. The Morgan fingerprint density at radius 1 is 0.619 bits per heavy atom. The Kier molecular flexibility index (Phi) is 5.54. The molecule has 6 heteroatoms. The molecule has 0 saturated carbocycles. The number of hydrogen-bond donors (Lipinski definition) is 0. The normalized spacial score (nSPS) is 15.9. The highest BCUT2D eigenvalue weighted by molar-refractivity contribution is 6.22. The van der Waals surface area contributed by atoms with E-state index in [1.54, 1.807) is 0 Å². The lowest BCUT2D eigenvalue weighted by Gasteiger charge is -2.20. The molecule has 4 nitrogen and oxygen atoms in total. The minimum atomic E-state index is -2.54. The van der Waals surface area contributed by atoms with Gasteiger partial charge in [-0.15, -0.1) is 0 Å². The molecule has 0 N–H and O–H groups in total. The summed E-state index contributed by atoms with van der Waals surface area (Å²) in [6.45, 7) is 12.9. The predicted molar refractivity (Wildman–Crippen MR) is 167 cm³/mol. The van der Waals surface area contributed by atoms with Gasteiger partial charge in [0.1, 0.15) is 14.7 Å². The van der Waals surface area contributed by atoms with Gasteiger partial charge in [-0.2, -0.15) is 0 Å². The van der Waals surface area contributed by atoms with E-state index >= 15 is 8.96 Å². The first-order valence-electron chi connectivity index (χ1n) is 14.4. The van der Waals surface area contributed by atoms with Crippen molar-refractivity contribution in [2.24, 2.45) is 4.99 Å². The van der Waals surface area contributed by atoms with Crippen molar-refractivity contribution < 1.29 is 13.6 Å². The number of benzene rings is 4. The van der Waals surface area contributed by atoms with Crippen molar-refractivity contribution in [3.63, 3.8) is 0 Å². The molecule has 1 aromatic heterocycles. The molecule has 2 aliphatic heterocycles. The zero-order valence-electron chi connectivity index (χ0n) is 24.8. The Balaban J connectivity index is 1.53. The van der Waals surface area contributed by atoms with Crippen LogP contribution in [0.1, 0.15) is 69.4 Å². The van der Waals surface area contributed by atoms with Crippen LogP contribution in [0.25, 0.3) is 22.0 Å². The summed E-state index contributed by atoms with van der Waals surface area (Å²) >= 11 is 0. The Hall–Kier alpha value is -4.42. The van der Waals surface area contributed by atoms with Crippen molar-refractivity contribution in [2.45, 2.75) is 52.4 Å². The molecule has 4 aromatic carbocycles. The zero-order valence-corrected chi connectivity index (χ0v) is 24.8. The van der Waals surface area contributed by atoms with Crippen LogP contribution in [-0.4, -0.2) is 20.9 Å². The number of fused-ring (bicyclic) bond motifs is 6. The minimum absolute atomic E-state index is 0.0495. The van der Waals surface area contributed by atoms with Crippen molar-refractivity contribution in [3.8, 4) is 11.3 Å². The van der Waals surface area contributed by atoms with E-state index in [0.29, 0.717) is 22.4 Å². The van der Waals surface area contributed by atoms with Crippen LogP contribution in [0, 0.1) is 0 Å². The molecule has 0 spiro atoms. The first kappa shape index (κ1) is 26.5. The maximum absolute atomic E-state index is 17.3. The molecule has 0 atom stereocenters. The van der Waals surface area contributed by atoms with Crippen LogP contribution >= 0.6 is 0 Å². The molecule has 0 radical (unpaired) electrons. The standard InChI is InChI=1S/C36H34F2N4/c1-35(2,3)25-19-15-23(16-20-25)31-27-11-7-9-13-29(27)33-39-34-30-14-10-8-12-28(30)32(41(34)42(37,38)40(31)33)24-17-21-26(22-18-24)36(4,5)6/h7-22H,1-6H3/q+2. The predicted octanol–water partition coefficient (Wildman–Crippen LogP) is 8.98. The molecule has 210 valence electrons. The molecule has 0 amide bonds. The van der Waals surface area contributed by atoms with E-state index in [-0.39, 0.29) is 22.5 Å². The van der Waals surface area contributed by atoms with Gasteiger partial charge in [-0.1, -0.05) is 120 Å². The number of nitrogens with zero attached hydrogens (tertiary/aromatic N) is 4. The fraction of sp³-hybridized carbons (Fsp3) is 0.222. The third kappa shape index (κ3) is 3.82. The molecule has 0 saturated heterocycles. The van der Waals surface area contributed by atoms with Crippen LogP contribution in [-0.2, 0) is 10.8 Å². The van der Waals surface area contributed by atoms with Crippen molar-refractivity contribution in [3.05, 3.63) is 125 Å². The average Bonchev–Trinajstić information content (AvgIpc) is 3.47. The molecule has 0 aliphatic carbocycles. The van der Waals surface area contributed by atoms with Gasteiger partial charge < -0.3 is 0 Å². The van der Waals surface area contributed by atoms with Crippen molar-refractivity contribution in [1.29, 1.82) is 0 Å². The van der Waals surface area contributed by atoms with Gasteiger partial charge in [0.2, 0.25) is 5.71 Å². The van der Waals surface area contributed by atoms with Gasteiger partial charge in [0, 0.05) is 22.1 Å². The highest BCUT2D eigenvalue weighted by Crippen LogP contribution is 2.45. The second kappa shape index (κ2) is 8.79. The Labute approximate surface area is 244 Å². The smallest absolute Gasteiger partial charge is 0.0615 e. The van der Waals surface area contributed by atoms with E-state index in [9.17, 15) is 0 Å². The Bertz CT molecular complexity index is 1950. The summed E-state index contributed by atoms with van der Waals surface area (Å²) < 4.78 is 36.8. The molecule has 42 heavy (non-hydrogen) atoms. The summed E-state index contributed by atoms with van der Waals surface area (Å²) in [7, 11) is 0. The first-order valence-corrected chi connectivity index (χ1v) is 14.4. The third-order valence-electron chi connectivity index (χ3n) is 8.41. The van der Waals surface area contributed by atoms with Crippen molar-refractivity contribution in [1.82, 2.24) is 9.82 Å². The second-order valence-corrected chi connectivity index (χ2v) is 13.3. The van der Waals surface area contributed by atoms with Gasteiger partial charge in [-0.05, 0) is 49.8 Å². The Morgan fingerprint density at radius 2 is 1.12 bits per heavy atom. The van der Waals surface area contributed by atoms with E-state index in [1.807, 2.05) is 97.1 Å². The van der Waals surface area contributed by atoms with Crippen LogP contribution in [0.4, 0.5) is 14.8 Å². The van der Waals surface area contributed by atoms with Gasteiger partial charge in [0.25, 0.3) is 0 Å². The number of aliphatic imine (C=N–C) groups is 1. The van der Waals surface area contributed by atoms with Gasteiger partial charge in [-0.25, -0.2) is 0 Å². The molecule has 5 aromatic rings. The SMILES string of the molecule is CC(C)(C)c1ccc(C2=[N+]3C(=Nc4c5ccccc5c(-c5ccc(C(C)(C)C)cc5)n4[N+]3(F)F)c3ccccc32)cc1. The van der Waals surface area contributed by atoms with Crippen LogP contribution < -0.4 is 5.15 Å². The van der Waals surface area contributed by atoms with Gasteiger partial charge in [0.15, 0.2) is 0 Å². The van der Waals surface area contributed by atoms with Gasteiger partial charge in [0.05, 0.1) is 15.6 Å². The summed E-state index contributed by atoms with van der Waals surface area (Å²) in [4.78, 5) is 5.00. The molecular formula is C36H34F2N4+2. The fourth-order valence-corrected chi connectivity index (χ4v) is 6.12. The maximum Gasteiger partial charge on any atom is 0.394 e. The van der Waals surface area contributed by atoms with Crippen molar-refractivity contribution in [2.75, 3.05) is 0 Å². The summed E-state index contributed by atoms with van der Waals surface area (Å²) in [6, 6.07) is 31.0. The van der Waals surface area contributed by atoms with Gasteiger partial charge in [-0.3, -0.25) is 0 Å². The molecular weight excluding hydrogens is 526 g/mol. The fourth-order valence-electron chi connectivity index (χ4n) is 6.12. The topological polar surface area (TPSA) is 20.3 Å². The van der Waals surface area contributed by atoms with Crippen molar-refractivity contribution >= 4 is 28.1 Å². The first-order chi connectivity index (χ1) is 19.9. The molecule has 0 unspecified atom stereocenters. The lowest BCUT2D eigenvalue weighted by atomic mass is 9.86. The number of halogens is 2.